The van der Waals surface area contributed by atoms with E-state index in [2.05, 4.69) is 33.0 Å². The fourth-order valence-corrected chi connectivity index (χ4v) is 1.88. The summed E-state index contributed by atoms with van der Waals surface area (Å²) in [6, 6.07) is 8.11. The average Bonchev–Trinajstić information content (AvgIpc) is 2.34. The highest BCUT2D eigenvalue weighted by Crippen LogP contribution is 2.31. The van der Waals surface area contributed by atoms with E-state index in [1.165, 1.54) is 0 Å². The van der Waals surface area contributed by atoms with Gasteiger partial charge in [0.1, 0.15) is 12.7 Å². The molecule has 1 aliphatic rings. The van der Waals surface area contributed by atoms with Crippen LogP contribution in [-0.2, 0) is 0 Å². The third-order valence-corrected chi connectivity index (χ3v) is 3.04. The molecule has 0 saturated heterocycles. The van der Waals surface area contributed by atoms with Gasteiger partial charge < -0.3 is 14.8 Å². The van der Waals surface area contributed by atoms with Gasteiger partial charge in [-0.1, -0.05) is 32.9 Å². The zero-order valence-corrected chi connectivity index (χ0v) is 11.7. The van der Waals surface area contributed by atoms with Crippen molar-refractivity contribution in [3.05, 3.63) is 24.3 Å². The highest BCUT2D eigenvalue weighted by atomic mass is 16.6. The van der Waals surface area contributed by atoms with Gasteiger partial charge in [-0.15, -0.1) is 0 Å². The molecule has 1 aliphatic heterocycles. The Morgan fingerprint density at radius 2 is 1.94 bits per heavy atom. The number of hydrogen-bond acceptors (Lipinski definition) is 3. The highest BCUT2D eigenvalue weighted by Gasteiger charge is 2.26. The Morgan fingerprint density at radius 1 is 1.28 bits per heavy atom. The lowest BCUT2D eigenvalue weighted by Gasteiger charge is -2.32. The first-order chi connectivity index (χ1) is 8.46. The molecule has 1 aromatic rings. The first-order valence-corrected chi connectivity index (χ1v) is 6.57. The molecule has 2 rings (SSSR count). The van der Waals surface area contributed by atoms with Gasteiger partial charge in [-0.05, 0) is 24.5 Å². The third kappa shape index (κ3) is 3.39. The lowest BCUT2D eigenvalue weighted by atomic mass is 9.96. The van der Waals surface area contributed by atoms with E-state index in [1.807, 2.05) is 24.3 Å². The molecule has 1 N–H and O–H groups in total. The zero-order chi connectivity index (χ0) is 13.2. The summed E-state index contributed by atoms with van der Waals surface area (Å²) in [7, 11) is 0. The van der Waals surface area contributed by atoms with Crippen LogP contribution in [0.4, 0.5) is 0 Å². The van der Waals surface area contributed by atoms with E-state index in [1.54, 1.807) is 0 Å². The van der Waals surface area contributed by atoms with E-state index in [9.17, 15) is 0 Å². The van der Waals surface area contributed by atoms with Gasteiger partial charge in [0.15, 0.2) is 11.5 Å². The lowest BCUT2D eigenvalue weighted by molar-refractivity contribution is 0.0642. The van der Waals surface area contributed by atoms with E-state index in [-0.39, 0.29) is 17.6 Å². The van der Waals surface area contributed by atoms with Crippen molar-refractivity contribution in [3.63, 3.8) is 0 Å². The lowest BCUT2D eigenvalue weighted by Crippen LogP contribution is -2.48. The molecule has 0 amide bonds. The van der Waals surface area contributed by atoms with Crippen LogP contribution in [0.2, 0.25) is 0 Å². The van der Waals surface area contributed by atoms with Gasteiger partial charge >= 0.3 is 0 Å². The summed E-state index contributed by atoms with van der Waals surface area (Å²) in [5.74, 6) is 1.69. The topological polar surface area (TPSA) is 30.5 Å². The standard InChI is InChI=1S/C15H23NO2/c1-11(16-10-15(2,3)4)14-9-17-12-7-5-6-8-13(12)18-14/h5-8,11,14,16H,9-10H2,1-4H3. The Morgan fingerprint density at radius 3 is 2.61 bits per heavy atom. The predicted molar refractivity (Wildman–Crippen MR) is 73.3 cm³/mol. The Hall–Kier alpha value is -1.22. The molecule has 100 valence electrons. The molecule has 0 saturated carbocycles. The summed E-state index contributed by atoms with van der Waals surface area (Å²) in [5, 5.41) is 3.52. The van der Waals surface area contributed by atoms with Gasteiger partial charge in [0.25, 0.3) is 0 Å². The Bertz CT molecular complexity index is 398. The van der Waals surface area contributed by atoms with Crippen LogP contribution in [-0.4, -0.2) is 25.3 Å². The van der Waals surface area contributed by atoms with E-state index < -0.39 is 0 Å². The largest absolute Gasteiger partial charge is 0.486 e. The maximum Gasteiger partial charge on any atom is 0.161 e. The molecule has 0 aliphatic carbocycles. The van der Waals surface area contributed by atoms with E-state index in [0.29, 0.717) is 6.61 Å². The summed E-state index contributed by atoms with van der Waals surface area (Å²) in [6.07, 6.45) is 0.0715. The minimum atomic E-state index is 0.0715. The van der Waals surface area contributed by atoms with Gasteiger partial charge in [-0.2, -0.15) is 0 Å². The Balaban J connectivity index is 1.92. The quantitative estimate of drug-likeness (QED) is 0.893. The summed E-state index contributed by atoms with van der Waals surface area (Å²) >= 11 is 0. The van der Waals surface area contributed by atoms with Crippen LogP contribution in [0.25, 0.3) is 0 Å². The summed E-state index contributed by atoms with van der Waals surface area (Å²) in [4.78, 5) is 0. The second-order valence-corrected chi connectivity index (χ2v) is 6.14. The van der Waals surface area contributed by atoms with Crippen molar-refractivity contribution in [3.8, 4) is 11.5 Å². The van der Waals surface area contributed by atoms with Crippen molar-refractivity contribution in [1.82, 2.24) is 5.32 Å². The van der Waals surface area contributed by atoms with E-state index >= 15 is 0 Å². The van der Waals surface area contributed by atoms with Crippen molar-refractivity contribution < 1.29 is 9.47 Å². The van der Waals surface area contributed by atoms with Crippen molar-refractivity contribution >= 4 is 0 Å². The number of ether oxygens (including phenoxy) is 2. The van der Waals surface area contributed by atoms with Crippen molar-refractivity contribution in [2.75, 3.05) is 13.2 Å². The monoisotopic (exact) mass is 249 g/mol. The Labute approximate surface area is 109 Å². The molecule has 3 heteroatoms. The molecule has 2 unspecified atom stereocenters. The molecule has 0 bridgehead atoms. The number of nitrogens with one attached hydrogen (secondary N) is 1. The van der Waals surface area contributed by atoms with Gasteiger partial charge in [-0.25, -0.2) is 0 Å². The van der Waals surface area contributed by atoms with Gasteiger partial charge in [0.2, 0.25) is 0 Å². The number of rotatable bonds is 3. The number of benzene rings is 1. The van der Waals surface area contributed by atoms with Crippen LogP contribution in [0.1, 0.15) is 27.7 Å². The smallest absolute Gasteiger partial charge is 0.161 e. The first-order valence-electron chi connectivity index (χ1n) is 6.57. The molecular formula is C15H23NO2. The van der Waals surface area contributed by atoms with Crippen LogP contribution >= 0.6 is 0 Å². The first kappa shape index (κ1) is 13.2. The van der Waals surface area contributed by atoms with Crippen LogP contribution < -0.4 is 14.8 Å². The SMILES string of the molecule is CC(NCC(C)(C)C)C1COc2ccccc2O1. The maximum absolute atomic E-state index is 5.97. The minimum Gasteiger partial charge on any atom is -0.486 e. The molecule has 0 radical (unpaired) electrons. The molecule has 2 atom stereocenters. The van der Waals surface area contributed by atoms with Crippen molar-refractivity contribution in [1.29, 1.82) is 0 Å². The highest BCUT2D eigenvalue weighted by molar-refractivity contribution is 5.40. The fraction of sp³-hybridized carbons (Fsp3) is 0.600. The molecule has 0 spiro atoms. The molecule has 18 heavy (non-hydrogen) atoms. The zero-order valence-electron chi connectivity index (χ0n) is 11.7. The van der Waals surface area contributed by atoms with Gasteiger partial charge in [-0.3, -0.25) is 0 Å². The molecule has 3 nitrogen and oxygen atoms in total. The third-order valence-electron chi connectivity index (χ3n) is 3.04. The molecular weight excluding hydrogens is 226 g/mol. The van der Waals surface area contributed by atoms with Crippen molar-refractivity contribution in [2.45, 2.75) is 39.8 Å². The Kier molecular flexibility index (Phi) is 3.81. The van der Waals surface area contributed by atoms with Crippen LogP contribution in [0.3, 0.4) is 0 Å². The summed E-state index contributed by atoms with van der Waals surface area (Å²) < 4.78 is 11.7. The second kappa shape index (κ2) is 5.19. The maximum atomic E-state index is 5.97. The minimum absolute atomic E-state index is 0.0715. The van der Waals surface area contributed by atoms with Crippen LogP contribution in [0.15, 0.2) is 24.3 Å². The molecule has 1 aromatic carbocycles. The molecule has 1 heterocycles. The molecule has 0 fully saturated rings. The molecule has 0 aromatic heterocycles. The van der Waals surface area contributed by atoms with Crippen LogP contribution in [0.5, 0.6) is 11.5 Å². The van der Waals surface area contributed by atoms with Gasteiger partial charge in [0.05, 0.1) is 0 Å². The average molecular weight is 249 g/mol. The van der Waals surface area contributed by atoms with E-state index in [4.69, 9.17) is 9.47 Å². The summed E-state index contributed by atoms with van der Waals surface area (Å²) in [5.41, 5.74) is 0.279. The van der Waals surface area contributed by atoms with E-state index in [0.717, 1.165) is 18.0 Å². The normalized spacial score (nSPS) is 20.6. The van der Waals surface area contributed by atoms with Crippen LogP contribution in [0, 0.1) is 5.41 Å². The number of fused-ring (bicyclic) bond motifs is 1. The predicted octanol–water partition coefficient (Wildman–Crippen LogP) is 2.85. The van der Waals surface area contributed by atoms with Gasteiger partial charge in [0, 0.05) is 12.6 Å². The number of para-hydroxylation sites is 2. The second-order valence-electron chi connectivity index (χ2n) is 6.14. The number of hydrogen-bond donors (Lipinski definition) is 1. The summed E-state index contributed by atoms with van der Waals surface area (Å²) in [6.45, 7) is 10.4. The van der Waals surface area contributed by atoms with Crippen molar-refractivity contribution in [2.24, 2.45) is 5.41 Å². The fourth-order valence-electron chi connectivity index (χ4n) is 1.88.